The number of hydrogen-bond donors (Lipinski definition) is 1. The SMILES string of the molecule is CNC1(c2nnnn2-c2ccc(OC)cc2)CCC(C)CC1. The van der Waals surface area contributed by atoms with E-state index >= 15 is 0 Å². The first kappa shape index (κ1) is 15.0. The summed E-state index contributed by atoms with van der Waals surface area (Å²) in [6.45, 7) is 2.31. The zero-order valence-corrected chi connectivity index (χ0v) is 13.4. The Kier molecular flexibility index (Phi) is 4.11. The predicted molar refractivity (Wildman–Crippen MR) is 84.1 cm³/mol. The van der Waals surface area contributed by atoms with E-state index in [0.29, 0.717) is 0 Å². The van der Waals surface area contributed by atoms with Gasteiger partial charge < -0.3 is 10.1 Å². The van der Waals surface area contributed by atoms with E-state index in [4.69, 9.17) is 4.74 Å². The van der Waals surface area contributed by atoms with E-state index in [0.717, 1.165) is 36.0 Å². The van der Waals surface area contributed by atoms with Crippen molar-refractivity contribution in [1.29, 1.82) is 0 Å². The van der Waals surface area contributed by atoms with E-state index in [-0.39, 0.29) is 5.54 Å². The Bertz CT molecular complexity index is 614. The van der Waals surface area contributed by atoms with Crippen molar-refractivity contribution in [3.8, 4) is 11.4 Å². The zero-order valence-electron chi connectivity index (χ0n) is 13.4. The highest BCUT2D eigenvalue weighted by Crippen LogP contribution is 2.38. The number of nitrogens with one attached hydrogen (secondary N) is 1. The molecule has 0 atom stereocenters. The van der Waals surface area contributed by atoms with Gasteiger partial charge in [-0.2, -0.15) is 4.68 Å². The minimum atomic E-state index is -0.143. The van der Waals surface area contributed by atoms with Gasteiger partial charge in [0.25, 0.3) is 0 Å². The Labute approximate surface area is 130 Å². The monoisotopic (exact) mass is 301 g/mol. The van der Waals surface area contributed by atoms with Crippen LogP contribution in [0.5, 0.6) is 5.75 Å². The average Bonchev–Trinajstić information content (AvgIpc) is 3.06. The molecule has 3 rings (SSSR count). The van der Waals surface area contributed by atoms with Crippen molar-refractivity contribution in [2.75, 3.05) is 14.2 Å². The zero-order chi connectivity index (χ0) is 15.6. The highest BCUT2D eigenvalue weighted by molar-refractivity contribution is 5.37. The molecule has 1 aromatic carbocycles. The summed E-state index contributed by atoms with van der Waals surface area (Å²) in [4.78, 5) is 0. The molecule has 1 aromatic heterocycles. The summed E-state index contributed by atoms with van der Waals surface area (Å²) in [6.07, 6.45) is 4.50. The molecule has 0 aliphatic heterocycles. The van der Waals surface area contributed by atoms with Crippen molar-refractivity contribution < 1.29 is 4.74 Å². The molecule has 1 fully saturated rings. The molecule has 0 radical (unpaired) electrons. The van der Waals surface area contributed by atoms with E-state index in [2.05, 4.69) is 27.8 Å². The molecule has 1 N–H and O–H groups in total. The van der Waals surface area contributed by atoms with Crippen LogP contribution in [0.4, 0.5) is 0 Å². The van der Waals surface area contributed by atoms with E-state index in [1.165, 1.54) is 12.8 Å². The van der Waals surface area contributed by atoms with Crippen molar-refractivity contribution >= 4 is 0 Å². The molecule has 118 valence electrons. The molecule has 0 spiro atoms. The molecule has 0 unspecified atom stereocenters. The fourth-order valence-corrected chi connectivity index (χ4v) is 3.22. The van der Waals surface area contributed by atoms with Gasteiger partial charge in [-0.05, 0) is 73.3 Å². The van der Waals surface area contributed by atoms with Crippen LogP contribution in [0.3, 0.4) is 0 Å². The first-order valence-electron chi connectivity index (χ1n) is 7.81. The maximum Gasteiger partial charge on any atom is 0.176 e. The van der Waals surface area contributed by atoms with Gasteiger partial charge in [0.15, 0.2) is 5.82 Å². The van der Waals surface area contributed by atoms with Gasteiger partial charge in [-0.15, -0.1) is 5.10 Å². The third kappa shape index (κ3) is 2.59. The Morgan fingerprint density at radius 1 is 1.23 bits per heavy atom. The number of benzene rings is 1. The fourth-order valence-electron chi connectivity index (χ4n) is 3.22. The van der Waals surface area contributed by atoms with Crippen LogP contribution >= 0.6 is 0 Å². The molecule has 1 aliphatic rings. The Hall–Kier alpha value is -1.95. The number of nitrogens with zero attached hydrogens (tertiary/aromatic N) is 4. The summed E-state index contributed by atoms with van der Waals surface area (Å²) in [7, 11) is 3.67. The lowest BCUT2D eigenvalue weighted by Gasteiger charge is -2.38. The Morgan fingerprint density at radius 3 is 2.50 bits per heavy atom. The van der Waals surface area contributed by atoms with Gasteiger partial charge >= 0.3 is 0 Å². The van der Waals surface area contributed by atoms with Crippen LogP contribution in [0.15, 0.2) is 24.3 Å². The molecule has 0 amide bonds. The fraction of sp³-hybridized carbons (Fsp3) is 0.562. The minimum absolute atomic E-state index is 0.143. The van der Waals surface area contributed by atoms with E-state index in [1.54, 1.807) is 7.11 Å². The van der Waals surface area contributed by atoms with Gasteiger partial charge in [-0.3, -0.25) is 0 Å². The Balaban J connectivity index is 1.96. The van der Waals surface area contributed by atoms with Crippen LogP contribution < -0.4 is 10.1 Å². The molecule has 0 saturated heterocycles. The molecule has 0 bridgehead atoms. The third-order valence-corrected chi connectivity index (χ3v) is 4.82. The smallest absolute Gasteiger partial charge is 0.176 e. The summed E-state index contributed by atoms with van der Waals surface area (Å²) >= 11 is 0. The topological polar surface area (TPSA) is 64.9 Å². The van der Waals surface area contributed by atoms with Gasteiger partial charge in [0, 0.05) is 0 Å². The average molecular weight is 301 g/mol. The van der Waals surface area contributed by atoms with Gasteiger partial charge in [-0.1, -0.05) is 6.92 Å². The second-order valence-electron chi connectivity index (χ2n) is 6.13. The maximum absolute atomic E-state index is 5.21. The third-order valence-electron chi connectivity index (χ3n) is 4.82. The van der Waals surface area contributed by atoms with Crippen LogP contribution in [-0.4, -0.2) is 34.4 Å². The van der Waals surface area contributed by atoms with Gasteiger partial charge in [0.05, 0.1) is 18.3 Å². The van der Waals surface area contributed by atoms with Crippen molar-refractivity contribution in [3.05, 3.63) is 30.1 Å². The van der Waals surface area contributed by atoms with Crippen molar-refractivity contribution in [2.24, 2.45) is 5.92 Å². The van der Waals surface area contributed by atoms with Gasteiger partial charge in [0.2, 0.25) is 0 Å². The van der Waals surface area contributed by atoms with Crippen LogP contribution in [-0.2, 0) is 5.54 Å². The van der Waals surface area contributed by atoms with Crippen LogP contribution in [0.25, 0.3) is 5.69 Å². The molecule has 6 heteroatoms. The minimum Gasteiger partial charge on any atom is -0.497 e. The molecular formula is C16H23N5O. The van der Waals surface area contributed by atoms with Gasteiger partial charge in [0.1, 0.15) is 5.75 Å². The van der Waals surface area contributed by atoms with Crippen LogP contribution in [0.1, 0.15) is 38.4 Å². The number of rotatable bonds is 4. The molecule has 2 aromatic rings. The van der Waals surface area contributed by atoms with Crippen molar-refractivity contribution in [2.45, 2.75) is 38.1 Å². The van der Waals surface area contributed by atoms with E-state index in [1.807, 2.05) is 36.0 Å². The van der Waals surface area contributed by atoms with Crippen molar-refractivity contribution in [1.82, 2.24) is 25.5 Å². The predicted octanol–water partition coefficient (Wildman–Crippen LogP) is 2.30. The maximum atomic E-state index is 5.21. The lowest BCUT2D eigenvalue weighted by molar-refractivity contribution is 0.194. The second kappa shape index (κ2) is 6.04. The molecular weight excluding hydrogens is 278 g/mol. The molecule has 1 saturated carbocycles. The molecule has 22 heavy (non-hydrogen) atoms. The van der Waals surface area contributed by atoms with Crippen molar-refractivity contribution in [3.63, 3.8) is 0 Å². The summed E-state index contributed by atoms with van der Waals surface area (Å²) in [5.74, 6) is 2.49. The first-order valence-corrected chi connectivity index (χ1v) is 7.81. The van der Waals surface area contributed by atoms with Gasteiger partial charge in [-0.25, -0.2) is 0 Å². The van der Waals surface area contributed by atoms with Crippen LogP contribution in [0, 0.1) is 5.92 Å². The lowest BCUT2D eigenvalue weighted by atomic mass is 9.76. The van der Waals surface area contributed by atoms with E-state index < -0.39 is 0 Å². The number of aromatic nitrogens is 4. The summed E-state index contributed by atoms with van der Waals surface area (Å²) in [6, 6.07) is 7.81. The summed E-state index contributed by atoms with van der Waals surface area (Å²) < 4.78 is 7.05. The number of tetrazole rings is 1. The van der Waals surface area contributed by atoms with Crippen LogP contribution in [0.2, 0.25) is 0 Å². The number of ether oxygens (including phenoxy) is 1. The highest BCUT2D eigenvalue weighted by Gasteiger charge is 2.39. The highest BCUT2D eigenvalue weighted by atomic mass is 16.5. The largest absolute Gasteiger partial charge is 0.497 e. The van der Waals surface area contributed by atoms with E-state index in [9.17, 15) is 0 Å². The molecule has 1 heterocycles. The summed E-state index contributed by atoms with van der Waals surface area (Å²) in [5, 5.41) is 15.9. The number of hydrogen-bond acceptors (Lipinski definition) is 5. The number of methoxy groups -OCH3 is 1. The normalized spacial score (nSPS) is 25.1. The quantitative estimate of drug-likeness (QED) is 0.938. The molecule has 1 aliphatic carbocycles. The summed E-state index contributed by atoms with van der Waals surface area (Å²) in [5.41, 5.74) is 0.810. The Morgan fingerprint density at radius 2 is 1.91 bits per heavy atom. The second-order valence-corrected chi connectivity index (χ2v) is 6.13. The standard InChI is InChI=1S/C16H23N5O/c1-12-8-10-16(17-2,11-9-12)15-18-19-20-21(15)13-4-6-14(22-3)7-5-13/h4-7,12,17H,8-11H2,1-3H3. The lowest BCUT2D eigenvalue weighted by Crippen LogP contribution is -2.45. The molecule has 6 nitrogen and oxygen atoms in total. The first-order chi connectivity index (χ1) is 10.7.